The molecule has 0 unspecified atom stereocenters. The number of aromatic nitrogens is 1. The van der Waals surface area contributed by atoms with Gasteiger partial charge in [-0.25, -0.2) is 0 Å². The number of nitrogens with one attached hydrogen (secondary N) is 1. The fourth-order valence-corrected chi connectivity index (χ4v) is 1.75. The molecule has 0 amide bonds. The van der Waals surface area contributed by atoms with Gasteiger partial charge in [0.05, 0.1) is 5.69 Å². The van der Waals surface area contributed by atoms with E-state index in [0.717, 1.165) is 18.7 Å². The fourth-order valence-electron chi connectivity index (χ4n) is 1.75. The first-order valence-electron chi connectivity index (χ1n) is 6.43. The molecule has 0 aromatic carbocycles. The number of anilines is 1. The largest absolute Gasteiger partial charge is 0.405 e. The average molecular weight is 275 g/mol. The summed E-state index contributed by atoms with van der Waals surface area (Å²) in [5.41, 5.74) is 1.31. The molecule has 0 saturated carbocycles. The smallest absolute Gasteiger partial charge is 0.363 e. The van der Waals surface area contributed by atoms with Crippen LogP contribution in [0.15, 0.2) is 18.3 Å². The number of hydrogen-bond acceptors (Lipinski definition) is 3. The van der Waals surface area contributed by atoms with Gasteiger partial charge in [-0.1, -0.05) is 6.92 Å². The first-order chi connectivity index (χ1) is 8.96. The van der Waals surface area contributed by atoms with Crippen LogP contribution in [0.3, 0.4) is 0 Å². The molecule has 1 N–H and O–H groups in total. The number of nitrogens with zero attached hydrogens (tertiary/aromatic N) is 2. The van der Waals surface area contributed by atoms with E-state index in [2.05, 4.69) is 17.2 Å². The van der Waals surface area contributed by atoms with Gasteiger partial charge in [-0.05, 0) is 32.0 Å². The van der Waals surface area contributed by atoms with Gasteiger partial charge in [-0.3, -0.25) is 4.98 Å². The lowest BCUT2D eigenvalue weighted by Crippen LogP contribution is -2.34. The number of hydrogen-bond donors (Lipinski definition) is 1. The molecule has 0 aliphatic rings. The molecule has 1 aromatic rings. The van der Waals surface area contributed by atoms with Crippen molar-refractivity contribution in [3.8, 4) is 0 Å². The molecule has 19 heavy (non-hydrogen) atoms. The zero-order valence-corrected chi connectivity index (χ0v) is 11.3. The SMILES string of the molecule is CCCNCc1cc(N(CC)CC(F)(F)F)ccn1. The van der Waals surface area contributed by atoms with Crippen LogP contribution in [-0.4, -0.2) is 30.8 Å². The average Bonchev–Trinajstić information content (AvgIpc) is 2.35. The predicted molar refractivity (Wildman–Crippen MR) is 70.2 cm³/mol. The Balaban J connectivity index is 2.72. The Morgan fingerprint density at radius 2 is 2.05 bits per heavy atom. The van der Waals surface area contributed by atoms with Crippen LogP contribution in [0.4, 0.5) is 18.9 Å². The summed E-state index contributed by atoms with van der Waals surface area (Å²) in [7, 11) is 0. The number of alkyl halides is 3. The van der Waals surface area contributed by atoms with Crippen LogP contribution in [0, 0.1) is 0 Å². The van der Waals surface area contributed by atoms with Gasteiger partial charge in [0.2, 0.25) is 0 Å². The van der Waals surface area contributed by atoms with Gasteiger partial charge in [0.25, 0.3) is 0 Å². The van der Waals surface area contributed by atoms with Crippen molar-refractivity contribution in [3.63, 3.8) is 0 Å². The summed E-state index contributed by atoms with van der Waals surface area (Å²) in [4.78, 5) is 5.45. The van der Waals surface area contributed by atoms with Crippen LogP contribution >= 0.6 is 0 Å². The second-order valence-electron chi connectivity index (χ2n) is 4.31. The summed E-state index contributed by atoms with van der Waals surface area (Å²) in [6, 6.07) is 3.32. The van der Waals surface area contributed by atoms with Gasteiger partial charge in [0, 0.05) is 25.0 Å². The van der Waals surface area contributed by atoms with Gasteiger partial charge in [0.15, 0.2) is 0 Å². The van der Waals surface area contributed by atoms with E-state index in [1.54, 1.807) is 25.3 Å². The van der Waals surface area contributed by atoms with Crippen LogP contribution in [-0.2, 0) is 6.54 Å². The van der Waals surface area contributed by atoms with E-state index >= 15 is 0 Å². The number of rotatable bonds is 7. The minimum absolute atomic E-state index is 0.311. The number of halogens is 3. The molecule has 0 aliphatic heterocycles. The molecule has 0 atom stereocenters. The summed E-state index contributed by atoms with van der Waals surface area (Å²) in [5, 5.41) is 3.18. The molecule has 0 spiro atoms. The van der Waals surface area contributed by atoms with Gasteiger partial charge in [-0.2, -0.15) is 13.2 Å². The molecular weight excluding hydrogens is 255 g/mol. The van der Waals surface area contributed by atoms with E-state index in [4.69, 9.17) is 0 Å². The highest BCUT2D eigenvalue weighted by atomic mass is 19.4. The van der Waals surface area contributed by atoms with E-state index in [-0.39, 0.29) is 0 Å². The molecule has 108 valence electrons. The van der Waals surface area contributed by atoms with E-state index in [1.807, 2.05) is 0 Å². The van der Waals surface area contributed by atoms with Crippen molar-refractivity contribution in [2.75, 3.05) is 24.5 Å². The Morgan fingerprint density at radius 3 is 2.63 bits per heavy atom. The first kappa shape index (κ1) is 15.8. The highest BCUT2D eigenvalue weighted by Crippen LogP contribution is 2.22. The third-order valence-corrected chi connectivity index (χ3v) is 2.65. The maximum Gasteiger partial charge on any atom is 0.405 e. The summed E-state index contributed by atoms with van der Waals surface area (Å²) < 4.78 is 37.4. The Hall–Kier alpha value is -1.30. The molecule has 0 radical (unpaired) electrons. The molecule has 0 saturated heterocycles. The third kappa shape index (κ3) is 5.92. The Bertz CT molecular complexity index is 380. The molecule has 0 aliphatic carbocycles. The van der Waals surface area contributed by atoms with Crippen molar-refractivity contribution in [3.05, 3.63) is 24.0 Å². The summed E-state index contributed by atoms with van der Waals surface area (Å²) in [5.74, 6) is 0. The normalized spacial score (nSPS) is 11.6. The molecule has 6 heteroatoms. The van der Waals surface area contributed by atoms with Crippen LogP contribution in [0.1, 0.15) is 26.0 Å². The van der Waals surface area contributed by atoms with Gasteiger partial charge < -0.3 is 10.2 Å². The van der Waals surface area contributed by atoms with E-state index in [1.165, 1.54) is 4.90 Å². The van der Waals surface area contributed by atoms with Crippen LogP contribution in [0.5, 0.6) is 0 Å². The fraction of sp³-hybridized carbons (Fsp3) is 0.615. The molecule has 0 fully saturated rings. The quantitative estimate of drug-likeness (QED) is 0.775. The van der Waals surface area contributed by atoms with Crippen LogP contribution < -0.4 is 10.2 Å². The monoisotopic (exact) mass is 275 g/mol. The molecule has 0 bridgehead atoms. The van der Waals surface area contributed by atoms with Gasteiger partial charge >= 0.3 is 6.18 Å². The van der Waals surface area contributed by atoms with Crippen molar-refractivity contribution in [1.82, 2.24) is 10.3 Å². The Kier molecular flexibility index (Phi) is 6.08. The maximum absolute atomic E-state index is 12.5. The highest BCUT2D eigenvalue weighted by Gasteiger charge is 2.30. The lowest BCUT2D eigenvalue weighted by molar-refractivity contribution is -0.119. The van der Waals surface area contributed by atoms with Crippen molar-refractivity contribution < 1.29 is 13.2 Å². The van der Waals surface area contributed by atoms with Crippen molar-refractivity contribution in [1.29, 1.82) is 0 Å². The van der Waals surface area contributed by atoms with Crippen molar-refractivity contribution in [2.45, 2.75) is 33.0 Å². The van der Waals surface area contributed by atoms with Gasteiger partial charge in [-0.15, -0.1) is 0 Å². The van der Waals surface area contributed by atoms with Crippen LogP contribution in [0.2, 0.25) is 0 Å². The molecule has 1 heterocycles. The molecule has 1 rings (SSSR count). The summed E-state index contributed by atoms with van der Waals surface area (Å²) in [6.07, 6.45) is -1.63. The summed E-state index contributed by atoms with van der Waals surface area (Å²) >= 11 is 0. The molecular formula is C13H20F3N3. The minimum atomic E-state index is -4.19. The first-order valence-corrected chi connectivity index (χ1v) is 6.43. The van der Waals surface area contributed by atoms with Gasteiger partial charge in [0.1, 0.15) is 6.54 Å². The second-order valence-corrected chi connectivity index (χ2v) is 4.31. The van der Waals surface area contributed by atoms with E-state index in [0.29, 0.717) is 18.8 Å². The summed E-state index contributed by atoms with van der Waals surface area (Å²) in [6.45, 7) is 4.58. The lowest BCUT2D eigenvalue weighted by atomic mass is 10.2. The third-order valence-electron chi connectivity index (χ3n) is 2.65. The zero-order chi connectivity index (χ0) is 14.3. The predicted octanol–water partition coefficient (Wildman–Crippen LogP) is 2.97. The van der Waals surface area contributed by atoms with Crippen molar-refractivity contribution >= 4 is 5.69 Å². The lowest BCUT2D eigenvalue weighted by Gasteiger charge is -2.24. The van der Waals surface area contributed by atoms with E-state index < -0.39 is 12.7 Å². The maximum atomic E-state index is 12.5. The Labute approximate surface area is 111 Å². The minimum Gasteiger partial charge on any atom is -0.363 e. The topological polar surface area (TPSA) is 28.2 Å². The van der Waals surface area contributed by atoms with E-state index in [9.17, 15) is 13.2 Å². The van der Waals surface area contributed by atoms with Crippen LogP contribution in [0.25, 0.3) is 0 Å². The Morgan fingerprint density at radius 1 is 1.32 bits per heavy atom. The highest BCUT2D eigenvalue weighted by molar-refractivity contribution is 5.46. The van der Waals surface area contributed by atoms with Crippen molar-refractivity contribution in [2.24, 2.45) is 0 Å². The standard InChI is InChI=1S/C13H20F3N3/c1-3-6-17-9-11-8-12(5-7-18-11)19(4-2)10-13(14,15)16/h5,7-8,17H,3-4,6,9-10H2,1-2H3. The molecule has 1 aromatic heterocycles. The second kappa shape index (κ2) is 7.33. The number of pyridine rings is 1. The zero-order valence-electron chi connectivity index (χ0n) is 11.3. The molecule has 3 nitrogen and oxygen atoms in total.